The van der Waals surface area contributed by atoms with E-state index in [0.29, 0.717) is 24.3 Å². The molecular formula is C20H20BrN3O3. The topological polar surface area (TPSA) is 78.5 Å². The van der Waals surface area contributed by atoms with Crippen LogP contribution in [0, 0.1) is 5.92 Å². The van der Waals surface area contributed by atoms with Gasteiger partial charge in [0.25, 0.3) is 5.91 Å². The third kappa shape index (κ3) is 4.54. The molecule has 1 unspecified atom stereocenters. The van der Waals surface area contributed by atoms with Crippen molar-refractivity contribution < 1.29 is 14.4 Å². The smallest absolute Gasteiger partial charge is 0.251 e. The number of nitrogens with zero attached hydrogens (tertiary/aromatic N) is 1. The van der Waals surface area contributed by atoms with Gasteiger partial charge in [-0.1, -0.05) is 28.1 Å². The second-order valence-electron chi connectivity index (χ2n) is 6.31. The monoisotopic (exact) mass is 429 g/mol. The highest BCUT2D eigenvalue weighted by molar-refractivity contribution is 9.10. The first kappa shape index (κ1) is 19.1. The zero-order valence-electron chi connectivity index (χ0n) is 14.9. The minimum Gasteiger partial charge on any atom is -0.352 e. The zero-order valence-corrected chi connectivity index (χ0v) is 16.5. The van der Waals surface area contributed by atoms with Crippen LogP contribution < -0.4 is 15.5 Å². The number of rotatable bonds is 5. The molecule has 1 heterocycles. The number of anilines is 2. The number of amides is 3. The molecule has 2 N–H and O–H groups in total. The maximum absolute atomic E-state index is 12.6. The Morgan fingerprint density at radius 1 is 1.19 bits per heavy atom. The van der Waals surface area contributed by atoms with E-state index in [4.69, 9.17) is 0 Å². The van der Waals surface area contributed by atoms with Gasteiger partial charge in [0.05, 0.1) is 5.92 Å². The Morgan fingerprint density at radius 2 is 1.96 bits per heavy atom. The number of carbonyl (C=O) groups is 3. The van der Waals surface area contributed by atoms with E-state index >= 15 is 0 Å². The van der Waals surface area contributed by atoms with Crippen molar-refractivity contribution in [2.45, 2.75) is 13.3 Å². The number of hydrogen-bond acceptors (Lipinski definition) is 3. The molecule has 0 saturated carbocycles. The molecule has 0 radical (unpaired) electrons. The number of nitrogens with one attached hydrogen (secondary N) is 2. The first-order chi connectivity index (χ1) is 13.0. The lowest BCUT2D eigenvalue weighted by Gasteiger charge is -2.17. The summed E-state index contributed by atoms with van der Waals surface area (Å²) in [5, 5.41) is 5.54. The Kier molecular flexibility index (Phi) is 5.91. The number of halogens is 1. The molecule has 1 aliphatic heterocycles. The zero-order chi connectivity index (χ0) is 19.4. The summed E-state index contributed by atoms with van der Waals surface area (Å²) in [4.78, 5) is 38.5. The van der Waals surface area contributed by atoms with E-state index in [1.807, 2.05) is 31.2 Å². The molecule has 3 rings (SSSR count). The first-order valence-corrected chi connectivity index (χ1v) is 9.52. The van der Waals surface area contributed by atoms with Crippen molar-refractivity contribution in [1.29, 1.82) is 0 Å². The van der Waals surface area contributed by atoms with Gasteiger partial charge in [-0.3, -0.25) is 14.4 Å². The molecule has 0 aliphatic carbocycles. The number of carbonyl (C=O) groups excluding carboxylic acids is 3. The van der Waals surface area contributed by atoms with Crippen molar-refractivity contribution in [3.05, 3.63) is 58.6 Å². The molecule has 27 heavy (non-hydrogen) atoms. The third-order valence-corrected chi connectivity index (χ3v) is 4.84. The minimum absolute atomic E-state index is 0.0793. The largest absolute Gasteiger partial charge is 0.352 e. The highest BCUT2D eigenvalue weighted by Gasteiger charge is 2.35. The van der Waals surface area contributed by atoms with Gasteiger partial charge in [-0.2, -0.15) is 0 Å². The van der Waals surface area contributed by atoms with Crippen LogP contribution in [0.2, 0.25) is 0 Å². The number of benzene rings is 2. The summed E-state index contributed by atoms with van der Waals surface area (Å²) >= 11 is 3.40. The minimum atomic E-state index is -0.440. The molecule has 0 aromatic heterocycles. The molecule has 1 fully saturated rings. The Balaban J connectivity index is 1.68. The van der Waals surface area contributed by atoms with Crippen LogP contribution >= 0.6 is 15.9 Å². The van der Waals surface area contributed by atoms with E-state index < -0.39 is 5.92 Å². The van der Waals surface area contributed by atoms with Crippen LogP contribution in [0.15, 0.2) is 53.0 Å². The van der Waals surface area contributed by atoms with Gasteiger partial charge in [0.1, 0.15) is 0 Å². The van der Waals surface area contributed by atoms with E-state index in [2.05, 4.69) is 26.6 Å². The van der Waals surface area contributed by atoms with E-state index in [-0.39, 0.29) is 24.1 Å². The van der Waals surface area contributed by atoms with Gasteiger partial charge < -0.3 is 15.5 Å². The summed E-state index contributed by atoms with van der Waals surface area (Å²) in [5.41, 5.74) is 1.79. The van der Waals surface area contributed by atoms with Gasteiger partial charge in [-0.05, 0) is 43.3 Å². The van der Waals surface area contributed by atoms with Gasteiger partial charge in [-0.15, -0.1) is 0 Å². The van der Waals surface area contributed by atoms with Crippen LogP contribution in [0.5, 0.6) is 0 Å². The molecule has 1 atom stereocenters. The third-order valence-electron chi connectivity index (χ3n) is 4.35. The fraction of sp³-hybridized carbons (Fsp3) is 0.250. The van der Waals surface area contributed by atoms with Crippen LogP contribution in [0.25, 0.3) is 0 Å². The highest BCUT2D eigenvalue weighted by Crippen LogP contribution is 2.28. The van der Waals surface area contributed by atoms with Crippen molar-refractivity contribution in [2.24, 2.45) is 5.92 Å². The summed E-state index contributed by atoms with van der Waals surface area (Å²) < 4.78 is 0.878. The Morgan fingerprint density at radius 3 is 2.70 bits per heavy atom. The predicted molar refractivity (Wildman–Crippen MR) is 108 cm³/mol. The quantitative estimate of drug-likeness (QED) is 0.765. The van der Waals surface area contributed by atoms with Crippen molar-refractivity contribution in [1.82, 2.24) is 5.32 Å². The lowest BCUT2D eigenvalue weighted by Crippen LogP contribution is -2.28. The van der Waals surface area contributed by atoms with Crippen LogP contribution in [0.1, 0.15) is 23.7 Å². The SMILES string of the molecule is CCNC(=O)c1cccc(NC(=O)C2CC(=O)N(c3cccc(Br)c3)C2)c1. The number of hydrogen-bond donors (Lipinski definition) is 2. The summed E-state index contributed by atoms with van der Waals surface area (Å²) in [7, 11) is 0. The van der Waals surface area contributed by atoms with Gasteiger partial charge in [0.2, 0.25) is 11.8 Å². The molecule has 2 aromatic rings. The van der Waals surface area contributed by atoms with E-state index in [1.165, 1.54) is 0 Å². The molecule has 140 valence electrons. The van der Waals surface area contributed by atoms with Gasteiger partial charge >= 0.3 is 0 Å². The van der Waals surface area contributed by atoms with Crippen molar-refractivity contribution in [2.75, 3.05) is 23.3 Å². The molecule has 7 heteroatoms. The fourth-order valence-corrected chi connectivity index (χ4v) is 3.41. The summed E-state index contributed by atoms with van der Waals surface area (Å²) in [5.74, 6) is -0.937. The molecule has 0 bridgehead atoms. The molecular weight excluding hydrogens is 410 g/mol. The summed E-state index contributed by atoms with van der Waals surface area (Å²) in [6, 6.07) is 14.2. The van der Waals surface area contributed by atoms with E-state index in [1.54, 1.807) is 29.2 Å². The van der Waals surface area contributed by atoms with Crippen LogP contribution in [0.3, 0.4) is 0 Å². The van der Waals surface area contributed by atoms with Crippen LogP contribution in [0.4, 0.5) is 11.4 Å². The van der Waals surface area contributed by atoms with E-state index in [9.17, 15) is 14.4 Å². The molecule has 1 saturated heterocycles. The predicted octanol–water partition coefficient (Wildman–Crippen LogP) is 3.19. The normalized spacial score (nSPS) is 16.3. The standard InChI is InChI=1S/C20H20BrN3O3/c1-2-22-19(26)13-5-3-7-16(9-13)23-20(27)14-10-18(25)24(12-14)17-8-4-6-15(21)11-17/h3-9,11,14H,2,10,12H2,1H3,(H,22,26)(H,23,27). The second-order valence-corrected chi connectivity index (χ2v) is 7.23. The second kappa shape index (κ2) is 8.35. The Labute approximate surface area is 166 Å². The van der Waals surface area contributed by atoms with Crippen molar-refractivity contribution >= 4 is 45.0 Å². The maximum atomic E-state index is 12.6. The van der Waals surface area contributed by atoms with Gasteiger partial charge in [0, 0.05) is 40.9 Å². The maximum Gasteiger partial charge on any atom is 0.251 e. The van der Waals surface area contributed by atoms with Crippen LogP contribution in [-0.2, 0) is 9.59 Å². The lowest BCUT2D eigenvalue weighted by atomic mass is 10.1. The summed E-state index contributed by atoms with van der Waals surface area (Å²) in [6.45, 7) is 2.71. The van der Waals surface area contributed by atoms with Gasteiger partial charge in [-0.25, -0.2) is 0 Å². The summed E-state index contributed by atoms with van der Waals surface area (Å²) in [6.07, 6.45) is 0.161. The lowest BCUT2D eigenvalue weighted by molar-refractivity contribution is -0.122. The highest BCUT2D eigenvalue weighted by atomic mass is 79.9. The molecule has 6 nitrogen and oxygen atoms in total. The fourth-order valence-electron chi connectivity index (χ4n) is 3.02. The first-order valence-electron chi connectivity index (χ1n) is 8.73. The van der Waals surface area contributed by atoms with Crippen molar-refractivity contribution in [3.63, 3.8) is 0 Å². The molecule has 1 aliphatic rings. The van der Waals surface area contributed by atoms with E-state index in [0.717, 1.165) is 10.2 Å². The Bertz CT molecular complexity index is 884. The average Bonchev–Trinajstić information content (AvgIpc) is 3.04. The van der Waals surface area contributed by atoms with Gasteiger partial charge in [0.15, 0.2) is 0 Å². The van der Waals surface area contributed by atoms with Crippen molar-refractivity contribution in [3.8, 4) is 0 Å². The average molecular weight is 430 g/mol. The molecule has 0 spiro atoms. The molecule has 3 amide bonds. The van der Waals surface area contributed by atoms with Crippen LogP contribution in [-0.4, -0.2) is 30.8 Å². The molecule has 2 aromatic carbocycles. The Hall–Kier alpha value is -2.67.